The van der Waals surface area contributed by atoms with Crippen LogP contribution in [-0.2, 0) is 26.3 Å². The average molecular weight is 479 g/mol. The van der Waals surface area contributed by atoms with Crippen molar-refractivity contribution in [1.82, 2.24) is 10.6 Å². The third kappa shape index (κ3) is 5.55. The summed E-state index contributed by atoms with van der Waals surface area (Å²) in [6.07, 6.45) is 0. The molecule has 0 unspecified atom stereocenters. The molecule has 6 heteroatoms. The summed E-state index contributed by atoms with van der Waals surface area (Å²) >= 11 is 0. The van der Waals surface area contributed by atoms with E-state index in [1.165, 1.54) is 0 Å². The van der Waals surface area contributed by atoms with Gasteiger partial charge in [-0.05, 0) is 46.5 Å². The lowest BCUT2D eigenvalue weighted by atomic mass is 10.1. The second kappa shape index (κ2) is 10.8. The molecule has 4 bridgehead atoms. The topological polar surface area (TPSA) is 76.7 Å². The number of ether oxygens (including phenoxy) is 2. The van der Waals surface area contributed by atoms with Gasteiger partial charge in [-0.15, -0.1) is 0 Å². The molecular formula is C30H26N2O4. The minimum atomic E-state index is -0.209. The molecule has 2 aliphatic rings. The third-order valence-corrected chi connectivity index (χ3v) is 5.97. The molecule has 0 fully saturated rings. The zero-order chi connectivity index (χ0) is 24.7. The summed E-state index contributed by atoms with van der Waals surface area (Å²) in [5.74, 6) is 0.640. The van der Waals surface area contributed by atoms with Crippen molar-refractivity contribution < 1.29 is 19.1 Å². The molecule has 0 radical (unpaired) electrons. The lowest BCUT2D eigenvalue weighted by Gasteiger charge is -2.13. The fourth-order valence-corrected chi connectivity index (χ4v) is 4.02. The van der Waals surface area contributed by atoms with Gasteiger partial charge >= 0.3 is 0 Å². The normalized spacial score (nSPS) is 14.1. The predicted octanol–water partition coefficient (Wildman–Crippen LogP) is 5.02. The molecule has 4 aromatic carbocycles. The largest absolute Gasteiger partial charge is 0.488 e. The summed E-state index contributed by atoms with van der Waals surface area (Å²) in [5.41, 5.74) is 4.77. The minimum absolute atomic E-state index is 0.209. The fourth-order valence-electron chi connectivity index (χ4n) is 4.02. The van der Waals surface area contributed by atoms with Crippen LogP contribution in [0.5, 0.6) is 11.5 Å². The molecule has 36 heavy (non-hydrogen) atoms. The molecule has 0 atom stereocenters. The molecule has 0 spiro atoms. The molecule has 2 N–H and O–H groups in total. The van der Waals surface area contributed by atoms with Crippen LogP contribution in [0.2, 0.25) is 0 Å². The van der Waals surface area contributed by atoms with E-state index in [1.807, 2.05) is 72.8 Å². The van der Waals surface area contributed by atoms with Crippen molar-refractivity contribution in [3.63, 3.8) is 0 Å². The van der Waals surface area contributed by atoms with Crippen LogP contribution in [0.15, 0.2) is 97.1 Å². The molecule has 180 valence electrons. The predicted molar refractivity (Wildman–Crippen MR) is 137 cm³/mol. The number of nitrogens with one attached hydrogen (secondary N) is 2. The van der Waals surface area contributed by atoms with E-state index < -0.39 is 0 Å². The first-order chi connectivity index (χ1) is 17.7. The zero-order valence-corrected chi connectivity index (χ0v) is 19.7. The van der Waals surface area contributed by atoms with E-state index in [0.29, 0.717) is 48.9 Å². The van der Waals surface area contributed by atoms with Gasteiger partial charge in [-0.1, -0.05) is 72.8 Å². The van der Waals surface area contributed by atoms with Crippen molar-refractivity contribution in [3.8, 4) is 11.5 Å². The number of rotatable bonds is 0. The summed E-state index contributed by atoms with van der Waals surface area (Å²) in [6.45, 7) is 1.37. The van der Waals surface area contributed by atoms with Crippen LogP contribution in [0.3, 0.4) is 0 Å². The summed E-state index contributed by atoms with van der Waals surface area (Å²) in [7, 11) is 0. The van der Waals surface area contributed by atoms with Crippen LogP contribution in [-0.4, -0.2) is 11.8 Å². The monoisotopic (exact) mass is 478 g/mol. The highest BCUT2D eigenvalue weighted by Gasteiger charge is 2.14. The highest BCUT2D eigenvalue weighted by atomic mass is 16.5. The fraction of sp³-hybridized carbons (Fsp3) is 0.133. The Morgan fingerprint density at radius 3 is 1.42 bits per heavy atom. The SMILES string of the molecule is O=C1NCc2cccc(c2)CNC(=O)c2ccccc2OCc2ccc(cc2)COc2ccccc21. The number of benzene rings is 4. The van der Waals surface area contributed by atoms with Crippen LogP contribution in [0.1, 0.15) is 43.0 Å². The average Bonchev–Trinajstić information content (AvgIpc) is 2.93. The smallest absolute Gasteiger partial charge is 0.255 e. The summed E-state index contributed by atoms with van der Waals surface area (Å²) < 4.78 is 12.0. The zero-order valence-electron chi connectivity index (χ0n) is 19.7. The number of hydrogen-bond donors (Lipinski definition) is 2. The Hall–Kier alpha value is -4.58. The van der Waals surface area contributed by atoms with E-state index in [9.17, 15) is 9.59 Å². The van der Waals surface area contributed by atoms with Gasteiger partial charge in [0.25, 0.3) is 11.8 Å². The maximum Gasteiger partial charge on any atom is 0.255 e. The Balaban J connectivity index is 1.43. The van der Waals surface area contributed by atoms with Gasteiger partial charge in [0.15, 0.2) is 0 Å². The second-order valence-electron chi connectivity index (χ2n) is 8.57. The van der Waals surface area contributed by atoms with Crippen LogP contribution in [0.4, 0.5) is 0 Å². The molecule has 2 heterocycles. The number of carbonyl (C=O) groups excluding carboxylic acids is 2. The highest BCUT2D eigenvalue weighted by molar-refractivity contribution is 5.97. The first kappa shape index (κ1) is 23.2. The Kier molecular flexibility index (Phi) is 6.94. The van der Waals surface area contributed by atoms with Crippen molar-refractivity contribution in [2.75, 3.05) is 0 Å². The number of carbonyl (C=O) groups is 2. The Labute approximate surface area is 209 Å². The van der Waals surface area contributed by atoms with Gasteiger partial charge in [-0.3, -0.25) is 9.59 Å². The molecule has 6 rings (SSSR count). The van der Waals surface area contributed by atoms with Gasteiger partial charge in [0.05, 0.1) is 11.1 Å². The summed E-state index contributed by atoms with van der Waals surface area (Å²) in [6, 6.07) is 30.1. The van der Waals surface area contributed by atoms with E-state index in [-0.39, 0.29) is 11.8 Å². The third-order valence-electron chi connectivity index (χ3n) is 5.97. The molecule has 0 saturated carbocycles. The van der Waals surface area contributed by atoms with E-state index in [1.54, 1.807) is 24.3 Å². The maximum absolute atomic E-state index is 12.9. The van der Waals surface area contributed by atoms with Gasteiger partial charge in [0, 0.05) is 13.1 Å². The maximum atomic E-state index is 12.9. The van der Waals surface area contributed by atoms with Crippen molar-refractivity contribution in [2.24, 2.45) is 0 Å². The van der Waals surface area contributed by atoms with Crippen LogP contribution in [0, 0.1) is 0 Å². The van der Waals surface area contributed by atoms with Crippen LogP contribution in [0.25, 0.3) is 0 Å². The van der Waals surface area contributed by atoms with E-state index in [0.717, 1.165) is 22.3 Å². The van der Waals surface area contributed by atoms with Gasteiger partial charge < -0.3 is 20.1 Å². The summed E-state index contributed by atoms with van der Waals surface area (Å²) in [5, 5.41) is 5.94. The number of amides is 2. The van der Waals surface area contributed by atoms with Crippen molar-refractivity contribution in [2.45, 2.75) is 26.3 Å². The quantitative estimate of drug-likeness (QED) is 0.372. The molecule has 2 amide bonds. The highest BCUT2D eigenvalue weighted by Crippen LogP contribution is 2.22. The molecule has 0 aliphatic carbocycles. The lowest BCUT2D eigenvalue weighted by molar-refractivity contribution is 0.0938. The molecule has 2 aliphatic heterocycles. The van der Waals surface area contributed by atoms with Crippen molar-refractivity contribution in [1.29, 1.82) is 0 Å². The minimum Gasteiger partial charge on any atom is -0.488 e. The summed E-state index contributed by atoms with van der Waals surface area (Å²) in [4.78, 5) is 25.9. The van der Waals surface area contributed by atoms with Gasteiger partial charge in [0.1, 0.15) is 24.7 Å². The van der Waals surface area contributed by atoms with Crippen LogP contribution >= 0.6 is 0 Å². The van der Waals surface area contributed by atoms with Gasteiger partial charge in [-0.25, -0.2) is 0 Å². The number of hydrogen-bond acceptors (Lipinski definition) is 4. The first-order valence-electron chi connectivity index (χ1n) is 11.8. The molecule has 0 aromatic heterocycles. The van der Waals surface area contributed by atoms with E-state index in [2.05, 4.69) is 10.6 Å². The molecular weight excluding hydrogens is 452 g/mol. The van der Waals surface area contributed by atoms with Crippen molar-refractivity contribution in [3.05, 3.63) is 130 Å². The number of para-hydroxylation sites is 2. The second-order valence-corrected chi connectivity index (χ2v) is 8.57. The van der Waals surface area contributed by atoms with Crippen molar-refractivity contribution >= 4 is 11.8 Å². The molecule has 4 aromatic rings. The molecule has 0 saturated heterocycles. The van der Waals surface area contributed by atoms with Gasteiger partial charge in [0.2, 0.25) is 0 Å². The number of fused-ring (bicyclic) bond motifs is 8. The Bertz CT molecular complexity index is 1280. The van der Waals surface area contributed by atoms with E-state index in [4.69, 9.17) is 9.47 Å². The van der Waals surface area contributed by atoms with E-state index >= 15 is 0 Å². The Morgan fingerprint density at radius 1 is 0.500 bits per heavy atom. The molecule has 6 nitrogen and oxygen atoms in total. The standard InChI is InChI=1S/C30H26N2O4/c33-29-25-8-1-3-10-27(25)35-19-21-12-14-22(15-13-21)20-36-28-11-4-2-9-26(28)30(34)32-18-24-7-5-6-23(16-24)17-31-29/h1-16H,17-20H2,(H,31,33)(H,32,34). The Morgan fingerprint density at radius 2 is 0.944 bits per heavy atom. The lowest BCUT2D eigenvalue weighted by Crippen LogP contribution is -2.24. The van der Waals surface area contributed by atoms with Crippen LogP contribution < -0.4 is 20.1 Å². The first-order valence-corrected chi connectivity index (χ1v) is 11.8. The van der Waals surface area contributed by atoms with Gasteiger partial charge in [-0.2, -0.15) is 0 Å².